The molecule has 1 N–H and O–H groups in total. The Balaban J connectivity index is 2.00. The summed E-state index contributed by atoms with van der Waals surface area (Å²) in [6, 6.07) is 17.3. The van der Waals surface area contributed by atoms with E-state index in [-0.39, 0.29) is 17.9 Å². The van der Waals surface area contributed by atoms with Gasteiger partial charge in [-0.25, -0.2) is 0 Å². The number of rotatable bonds is 11. The summed E-state index contributed by atoms with van der Waals surface area (Å²) in [5.74, 6) is 0.893. The first-order chi connectivity index (χ1) is 14.4. The monoisotopic (exact) mass is 446 g/mol. The summed E-state index contributed by atoms with van der Waals surface area (Å²) in [7, 11) is 0. The van der Waals surface area contributed by atoms with Crippen LogP contribution in [-0.2, 0) is 21.8 Å². The maximum absolute atomic E-state index is 13.0. The number of thioether (sulfide) groups is 1. The van der Waals surface area contributed by atoms with Crippen LogP contribution < -0.4 is 5.32 Å². The summed E-state index contributed by atoms with van der Waals surface area (Å²) in [5, 5.41) is 3.69. The number of nitrogens with one attached hydrogen (secondary N) is 1. The van der Waals surface area contributed by atoms with Crippen LogP contribution in [0.15, 0.2) is 54.6 Å². The van der Waals surface area contributed by atoms with Crippen LogP contribution in [0, 0.1) is 0 Å². The van der Waals surface area contributed by atoms with E-state index in [9.17, 15) is 9.59 Å². The topological polar surface area (TPSA) is 49.4 Å². The molecule has 0 radical (unpaired) electrons. The molecule has 0 fully saturated rings. The van der Waals surface area contributed by atoms with E-state index in [4.69, 9.17) is 11.6 Å². The molecule has 0 heterocycles. The van der Waals surface area contributed by atoms with E-state index in [0.29, 0.717) is 29.5 Å². The Labute approximate surface area is 189 Å². The number of carbonyl (C=O) groups is 2. The molecule has 4 nitrogen and oxygen atoms in total. The molecule has 0 aliphatic rings. The molecule has 0 unspecified atom stereocenters. The molecule has 30 heavy (non-hydrogen) atoms. The number of nitrogens with zero attached hydrogens (tertiary/aromatic N) is 1. The average molecular weight is 447 g/mol. The van der Waals surface area contributed by atoms with Crippen LogP contribution in [0.2, 0.25) is 5.02 Å². The molecule has 0 saturated heterocycles. The maximum atomic E-state index is 13.0. The van der Waals surface area contributed by atoms with Gasteiger partial charge in [0.15, 0.2) is 0 Å². The van der Waals surface area contributed by atoms with E-state index in [1.807, 2.05) is 75.4 Å². The molecule has 6 heteroatoms. The van der Waals surface area contributed by atoms with Crippen LogP contribution in [0.4, 0.5) is 0 Å². The van der Waals surface area contributed by atoms with Gasteiger partial charge < -0.3 is 10.2 Å². The van der Waals surface area contributed by atoms with Crippen molar-refractivity contribution in [1.82, 2.24) is 10.2 Å². The zero-order chi connectivity index (χ0) is 21.9. The van der Waals surface area contributed by atoms with Crippen LogP contribution in [0.5, 0.6) is 0 Å². The molecule has 2 amide bonds. The zero-order valence-electron chi connectivity index (χ0n) is 17.9. The Hall–Kier alpha value is -1.98. The van der Waals surface area contributed by atoms with Crippen LogP contribution in [0.3, 0.4) is 0 Å². The van der Waals surface area contributed by atoms with Gasteiger partial charge >= 0.3 is 0 Å². The summed E-state index contributed by atoms with van der Waals surface area (Å²) < 4.78 is 0. The summed E-state index contributed by atoms with van der Waals surface area (Å²) in [4.78, 5) is 27.4. The quantitative estimate of drug-likeness (QED) is 0.531. The van der Waals surface area contributed by atoms with Gasteiger partial charge in [0.2, 0.25) is 11.8 Å². The smallest absolute Gasteiger partial charge is 0.242 e. The normalized spacial score (nSPS) is 12.8. The highest BCUT2D eigenvalue weighted by molar-refractivity contribution is 7.99. The first-order valence-electron chi connectivity index (χ1n) is 10.4. The third-order valence-electron chi connectivity index (χ3n) is 5.04. The van der Waals surface area contributed by atoms with Gasteiger partial charge in [-0.2, -0.15) is 0 Å². The lowest BCUT2D eigenvalue weighted by Gasteiger charge is -2.29. The van der Waals surface area contributed by atoms with Gasteiger partial charge in [0.05, 0.1) is 5.75 Å². The summed E-state index contributed by atoms with van der Waals surface area (Å²) in [5.41, 5.74) is 2.23. The van der Waals surface area contributed by atoms with Crippen molar-refractivity contribution in [3.8, 4) is 0 Å². The number of hydrogen-bond acceptors (Lipinski definition) is 3. The van der Waals surface area contributed by atoms with Crippen molar-refractivity contribution in [2.24, 2.45) is 0 Å². The second-order valence-electron chi connectivity index (χ2n) is 7.44. The lowest BCUT2D eigenvalue weighted by molar-refractivity contribution is -0.138. The Bertz CT molecular complexity index is 816. The van der Waals surface area contributed by atoms with E-state index in [2.05, 4.69) is 5.32 Å². The second kappa shape index (κ2) is 12.7. The number of benzene rings is 2. The molecule has 0 aromatic heterocycles. The van der Waals surface area contributed by atoms with Crippen molar-refractivity contribution in [2.45, 2.75) is 51.4 Å². The molecule has 2 atom stereocenters. The summed E-state index contributed by atoms with van der Waals surface area (Å²) in [6.45, 7) is 6.32. The highest BCUT2D eigenvalue weighted by Gasteiger charge is 2.26. The minimum atomic E-state index is -0.512. The predicted octanol–water partition coefficient (Wildman–Crippen LogP) is 4.95. The van der Waals surface area contributed by atoms with Gasteiger partial charge in [-0.3, -0.25) is 9.59 Å². The number of hydrogen-bond donors (Lipinski definition) is 1. The lowest BCUT2D eigenvalue weighted by Crippen LogP contribution is -2.51. The maximum Gasteiger partial charge on any atom is 0.242 e. The van der Waals surface area contributed by atoms with E-state index >= 15 is 0 Å². The highest BCUT2D eigenvalue weighted by Crippen LogP contribution is 2.18. The minimum Gasteiger partial charge on any atom is -0.352 e. The first-order valence-corrected chi connectivity index (χ1v) is 11.9. The molecule has 2 rings (SSSR count). The van der Waals surface area contributed by atoms with Crippen LogP contribution in [0.1, 0.15) is 38.3 Å². The number of halogens is 1. The molecule has 162 valence electrons. The van der Waals surface area contributed by atoms with Crippen molar-refractivity contribution in [3.05, 3.63) is 70.7 Å². The Kier molecular flexibility index (Phi) is 10.2. The lowest BCUT2D eigenvalue weighted by atomic mass is 10.1. The zero-order valence-corrected chi connectivity index (χ0v) is 19.5. The SMILES string of the molecule is CC[C@H](C)NC(=O)[C@@H](C)N(CCc1ccccc1)C(=O)CSCc1cccc(Cl)c1. The fourth-order valence-corrected chi connectivity index (χ4v) is 4.07. The minimum absolute atomic E-state index is 0.0234. The Morgan fingerprint density at radius 2 is 1.77 bits per heavy atom. The second-order valence-corrected chi connectivity index (χ2v) is 8.86. The van der Waals surface area contributed by atoms with Crippen molar-refractivity contribution in [1.29, 1.82) is 0 Å². The first kappa shape index (κ1) is 24.3. The molecule has 0 bridgehead atoms. The fraction of sp³-hybridized carbons (Fsp3) is 0.417. The molecule has 2 aromatic carbocycles. The van der Waals surface area contributed by atoms with E-state index in [1.54, 1.807) is 4.90 Å². The third kappa shape index (κ3) is 8.04. The van der Waals surface area contributed by atoms with E-state index in [0.717, 1.165) is 17.5 Å². The molecular weight excluding hydrogens is 416 g/mol. The van der Waals surface area contributed by atoms with Crippen LogP contribution in [-0.4, -0.2) is 41.1 Å². The summed E-state index contributed by atoms with van der Waals surface area (Å²) in [6.07, 6.45) is 1.57. The fourth-order valence-electron chi connectivity index (χ4n) is 3.00. The van der Waals surface area contributed by atoms with E-state index < -0.39 is 6.04 Å². The molecule has 0 aliphatic heterocycles. The molecule has 0 spiro atoms. The van der Waals surface area contributed by atoms with Gasteiger partial charge in [-0.15, -0.1) is 11.8 Å². The number of amides is 2. The van der Waals surface area contributed by atoms with E-state index in [1.165, 1.54) is 11.8 Å². The summed E-state index contributed by atoms with van der Waals surface area (Å²) >= 11 is 7.58. The standard InChI is InChI=1S/C24H31ClN2O2S/c1-4-18(2)26-24(29)19(3)27(14-13-20-9-6-5-7-10-20)23(28)17-30-16-21-11-8-12-22(25)15-21/h5-12,15,18-19H,4,13-14,16-17H2,1-3H3,(H,26,29)/t18-,19+/m0/s1. The molecule has 0 aliphatic carbocycles. The van der Waals surface area contributed by atoms with Crippen molar-refractivity contribution in [3.63, 3.8) is 0 Å². The van der Waals surface area contributed by atoms with Gasteiger partial charge in [0.1, 0.15) is 6.04 Å². The average Bonchev–Trinajstić information content (AvgIpc) is 2.74. The molecule has 2 aromatic rings. The van der Waals surface area contributed by atoms with Crippen LogP contribution in [0.25, 0.3) is 0 Å². The van der Waals surface area contributed by atoms with Crippen LogP contribution >= 0.6 is 23.4 Å². The Morgan fingerprint density at radius 1 is 1.07 bits per heavy atom. The van der Waals surface area contributed by atoms with Gasteiger partial charge in [-0.1, -0.05) is 61.0 Å². The van der Waals surface area contributed by atoms with Gasteiger partial charge in [0.25, 0.3) is 0 Å². The third-order valence-corrected chi connectivity index (χ3v) is 6.26. The van der Waals surface area contributed by atoms with Crippen molar-refractivity contribution >= 4 is 35.2 Å². The molecular formula is C24H31ClN2O2S. The number of carbonyl (C=O) groups excluding carboxylic acids is 2. The predicted molar refractivity (Wildman–Crippen MR) is 127 cm³/mol. The Morgan fingerprint density at radius 3 is 2.43 bits per heavy atom. The molecule has 0 saturated carbocycles. The van der Waals surface area contributed by atoms with Crippen molar-refractivity contribution < 1.29 is 9.59 Å². The van der Waals surface area contributed by atoms with Gasteiger partial charge in [-0.05, 0) is 49.9 Å². The largest absolute Gasteiger partial charge is 0.352 e. The highest BCUT2D eigenvalue weighted by atomic mass is 35.5. The van der Waals surface area contributed by atoms with Gasteiger partial charge in [0, 0.05) is 23.4 Å². The van der Waals surface area contributed by atoms with Crippen molar-refractivity contribution in [2.75, 3.05) is 12.3 Å².